The molecular weight excluding hydrogens is 260 g/mol. The molecule has 1 aromatic heterocycles. The van der Waals surface area contributed by atoms with Gasteiger partial charge in [0.1, 0.15) is 23.9 Å². The summed E-state index contributed by atoms with van der Waals surface area (Å²) < 4.78 is 11.0. The summed E-state index contributed by atoms with van der Waals surface area (Å²) in [6.45, 7) is 1.05. The van der Waals surface area contributed by atoms with Gasteiger partial charge in [-0.15, -0.1) is 11.3 Å². The summed E-state index contributed by atoms with van der Waals surface area (Å²) in [6.07, 6.45) is 0. The lowest BCUT2D eigenvalue weighted by atomic mass is 10.1. The van der Waals surface area contributed by atoms with E-state index in [0.717, 1.165) is 11.3 Å². The Bertz CT molecular complexity index is 571. The molecule has 0 saturated carbocycles. The van der Waals surface area contributed by atoms with Crippen molar-refractivity contribution in [2.75, 3.05) is 18.9 Å². The number of fused-ring (bicyclic) bond motifs is 1. The van der Waals surface area contributed by atoms with Crippen molar-refractivity contribution >= 4 is 27.9 Å². The molecule has 2 aromatic rings. The van der Waals surface area contributed by atoms with Crippen molar-refractivity contribution in [1.82, 2.24) is 4.98 Å². The SMILES string of the molecule is Nc1scnc1-c1cc(Cl)c2c(c1)OCCO2. The van der Waals surface area contributed by atoms with Crippen LogP contribution in [0.1, 0.15) is 0 Å². The fourth-order valence-corrected chi connectivity index (χ4v) is 2.54. The molecule has 88 valence electrons. The highest BCUT2D eigenvalue weighted by Crippen LogP contribution is 2.42. The van der Waals surface area contributed by atoms with Crippen LogP contribution in [-0.2, 0) is 0 Å². The van der Waals surface area contributed by atoms with Crippen LogP contribution in [0.15, 0.2) is 17.6 Å². The van der Waals surface area contributed by atoms with E-state index in [1.165, 1.54) is 11.3 Å². The van der Waals surface area contributed by atoms with Gasteiger partial charge in [0.05, 0.1) is 10.5 Å². The molecule has 0 fully saturated rings. The minimum Gasteiger partial charge on any atom is -0.486 e. The zero-order valence-electron chi connectivity index (χ0n) is 8.77. The van der Waals surface area contributed by atoms with Gasteiger partial charge in [-0.05, 0) is 12.1 Å². The molecule has 4 nitrogen and oxygen atoms in total. The summed E-state index contributed by atoms with van der Waals surface area (Å²) in [5.74, 6) is 1.24. The number of aromatic nitrogens is 1. The number of anilines is 1. The number of benzene rings is 1. The van der Waals surface area contributed by atoms with Gasteiger partial charge in [0.15, 0.2) is 11.5 Å². The number of nitrogens with zero attached hydrogens (tertiary/aromatic N) is 1. The van der Waals surface area contributed by atoms with Gasteiger partial charge in [0.25, 0.3) is 0 Å². The van der Waals surface area contributed by atoms with Crippen LogP contribution in [-0.4, -0.2) is 18.2 Å². The molecule has 0 atom stereocenters. The fourth-order valence-electron chi connectivity index (χ4n) is 1.72. The molecule has 0 radical (unpaired) electrons. The minimum absolute atomic E-state index is 0.518. The predicted octanol–water partition coefficient (Wildman–Crippen LogP) is 2.82. The monoisotopic (exact) mass is 268 g/mol. The van der Waals surface area contributed by atoms with E-state index in [9.17, 15) is 0 Å². The maximum Gasteiger partial charge on any atom is 0.179 e. The molecule has 17 heavy (non-hydrogen) atoms. The van der Waals surface area contributed by atoms with Gasteiger partial charge in [0.2, 0.25) is 0 Å². The van der Waals surface area contributed by atoms with Crippen molar-refractivity contribution in [3.8, 4) is 22.8 Å². The van der Waals surface area contributed by atoms with Crippen LogP contribution < -0.4 is 15.2 Å². The molecule has 0 spiro atoms. The summed E-state index contributed by atoms with van der Waals surface area (Å²) >= 11 is 7.54. The van der Waals surface area contributed by atoms with Crippen molar-refractivity contribution in [2.24, 2.45) is 0 Å². The van der Waals surface area contributed by atoms with E-state index in [-0.39, 0.29) is 0 Å². The largest absolute Gasteiger partial charge is 0.486 e. The van der Waals surface area contributed by atoms with E-state index in [4.69, 9.17) is 26.8 Å². The van der Waals surface area contributed by atoms with Crippen molar-refractivity contribution in [2.45, 2.75) is 0 Å². The summed E-state index contributed by atoms with van der Waals surface area (Å²) in [4.78, 5) is 4.21. The number of halogens is 1. The summed E-state index contributed by atoms with van der Waals surface area (Å²) in [5.41, 5.74) is 9.12. The average Bonchev–Trinajstić information content (AvgIpc) is 2.75. The van der Waals surface area contributed by atoms with Crippen LogP contribution in [0.4, 0.5) is 5.00 Å². The van der Waals surface area contributed by atoms with Gasteiger partial charge in [-0.25, -0.2) is 4.98 Å². The van der Waals surface area contributed by atoms with Gasteiger partial charge < -0.3 is 15.2 Å². The van der Waals surface area contributed by atoms with Gasteiger partial charge in [-0.2, -0.15) is 0 Å². The first-order valence-corrected chi connectivity index (χ1v) is 6.30. The Morgan fingerprint density at radius 2 is 2.12 bits per heavy atom. The number of rotatable bonds is 1. The molecule has 3 rings (SSSR count). The van der Waals surface area contributed by atoms with Gasteiger partial charge in [-0.3, -0.25) is 0 Å². The Morgan fingerprint density at radius 3 is 2.88 bits per heavy atom. The lowest BCUT2D eigenvalue weighted by molar-refractivity contribution is 0.172. The van der Waals surface area contributed by atoms with Crippen LogP contribution in [0.5, 0.6) is 11.5 Å². The Labute approximate surface area is 107 Å². The lowest BCUT2D eigenvalue weighted by Gasteiger charge is -2.20. The number of nitrogen functional groups attached to an aromatic ring is 1. The highest BCUT2D eigenvalue weighted by atomic mass is 35.5. The molecular formula is C11H9ClN2O2S. The van der Waals surface area contributed by atoms with Crippen molar-refractivity contribution in [3.63, 3.8) is 0 Å². The fraction of sp³-hybridized carbons (Fsp3) is 0.182. The van der Waals surface area contributed by atoms with Crippen LogP contribution in [0, 0.1) is 0 Å². The standard InChI is InChI=1S/C11H9ClN2O2S/c12-7-3-6(9-11(13)17-5-14-9)4-8-10(7)16-2-1-15-8/h3-5H,1-2,13H2. The first-order chi connectivity index (χ1) is 8.25. The zero-order valence-corrected chi connectivity index (χ0v) is 10.3. The highest BCUT2D eigenvalue weighted by Gasteiger charge is 2.18. The molecule has 2 N–H and O–H groups in total. The molecule has 0 saturated heterocycles. The number of hydrogen-bond donors (Lipinski definition) is 1. The van der Waals surface area contributed by atoms with E-state index in [0.29, 0.717) is 34.7 Å². The molecule has 1 aliphatic rings. The van der Waals surface area contributed by atoms with Crippen LogP contribution in [0.25, 0.3) is 11.3 Å². The van der Waals surface area contributed by atoms with E-state index in [2.05, 4.69) is 4.98 Å². The third-order valence-electron chi connectivity index (χ3n) is 2.47. The van der Waals surface area contributed by atoms with Crippen molar-refractivity contribution < 1.29 is 9.47 Å². The van der Waals surface area contributed by atoms with Crippen molar-refractivity contribution in [1.29, 1.82) is 0 Å². The summed E-state index contributed by atoms with van der Waals surface area (Å²) in [7, 11) is 0. The van der Waals surface area contributed by atoms with E-state index >= 15 is 0 Å². The first-order valence-electron chi connectivity index (χ1n) is 5.04. The maximum atomic E-state index is 6.15. The number of nitrogens with two attached hydrogens (primary N) is 1. The lowest BCUT2D eigenvalue weighted by Crippen LogP contribution is -2.15. The average molecular weight is 269 g/mol. The molecule has 2 heterocycles. The second kappa shape index (κ2) is 4.09. The van der Waals surface area contributed by atoms with Crippen LogP contribution >= 0.6 is 22.9 Å². The third-order valence-corrected chi connectivity index (χ3v) is 3.40. The normalized spacial score (nSPS) is 13.7. The molecule has 0 unspecified atom stereocenters. The third kappa shape index (κ3) is 1.81. The molecule has 6 heteroatoms. The summed E-state index contributed by atoms with van der Waals surface area (Å²) in [6, 6.07) is 3.65. The Hall–Kier alpha value is -1.46. The van der Waals surface area contributed by atoms with Gasteiger partial charge in [-0.1, -0.05) is 11.6 Å². The molecule has 0 aliphatic carbocycles. The van der Waals surface area contributed by atoms with Crippen LogP contribution in [0.3, 0.4) is 0 Å². The topological polar surface area (TPSA) is 57.4 Å². The zero-order chi connectivity index (χ0) is 11.8. The minimum atomic E-state index is 0.518. The Kier molecular flexibility index (Phi) is 2.57. The number of thiazole rings is 1. The highest BCUT2D eigenvalue weighted by molar-refractivity contribution is 7.14. The van der Waals surface area contributed by atoms with E-state index < -0.39 is 0 Å². The summed E-state index contributed by atoms with van der Waals surface area (Å²) in [5, 5.41) is 1.18. The van der Waals surface area contributed by atoms with Gasteiger partial charge >= 0.3 is 0 Å². The van der Waals surface area contributed by atoms with Gasteiger partial charge in [0, 0.05) is 5.56 Å². The smallest absolute Gasteiger partial charge is 0.179 e. The predicted molar refractivity (Wildman–Crippen MR) is 68.0 cm³/mol. The van der Waals surface area contributed by atoms with E-state index in [1.54, 1.807) is 11.6 Å². The van der Waals surface area contributed by atoms with Crippen LogP contribution in [0.2, 0.25) is 5.02 Å². The Morgan fingerprint density at radius 1 is 1.29 bits per heavy atom. The quantitative estimate of drug-likeness (QED) is 0.864. The van der Waals surface area contributed by atoms with Crippen molar-refractivity contribution in [3.05, 3.63) is 22.7 Å². The second-order valence-electron chi connectivity index (χ2n) is 3.55. The molecule has 1 aromatic carbocycles. The Balaban J connectivity index is 2.14. The maximum absolute atomic E-state index is 6.15. The first kappa shape index (κ1) is 10.7. The molecule has 1 aliphatic heterocycles. The number of ether oxygens (including phenoxy) is 2. The number of hydrogen-bond acceptors (Lipinski definition) is 5. The molecule has 0 amide bonds. The van der Waals surface area contributed by atoms with E-state index in [1.807, 2.05) is 6.07 Å². The molecule has 0 bridgehead atoms. The second-order valence-corrected chi connectivity index (χ2v) is 4.84.